The molecule has 29 heavy (non-hydrogen) atoms. The first kappa shape index (κ1) is 18.7. The van der Waals surface area contributed by atoms with E-state index in [-0.39, 0.29) is 5.56 Å². The van der Waals surface area contributed by atoms with Crippen LogP contribution in [0.1, 0.15) is 35.7 Å². The van der Waals surface area contributed by atoms with E-state index in [1.54, 1.807) is 36.5 Å². The van der Waals surface area contributed by atoms with Crippen molar-refractivity contribution in [1.29, 1.82) is 0 Å². The van der Waals surface area contributed by atoms with Gasteiger partial charge in [-0.2, -0.15) is 0 Å². The zero-order chi connectivity index (χ0) is 20.4. The van der Waals surface area contributed by atoms with Crippen LogP contribution in [0.25, 0.3) is 21.9 Å². The maximum absolute atomic E-state index is 12.7. The third-order valence-electron chi connectivity index (χ3n) is 4.65. The Hall–Kier alpha value is -3.68. The van der Waals surface area contributed by atoms with E-state index in [2.05, 4.69) is 10.3 Å². The molecule has 0 spiro atoms. The van der Waals surface area contributed by atoms with E-state index < -0.39 is 12.1 Å². The highest BCUT2D eigenvalue weighted by Gasteiger charge is 2.17. The molecule has 4 rings (SSSR count). The third-order valence-corrected chi connectivity index (χ3v) is 4.65. The van der Waals surface area contributed by atoms with Crippen LogP contribution < -0.4 is 4.84 Å². The second-order valence-corrected chi connectivity index (χ2v) is 6.71. The maximum atomic E-state index is 12.7. The number of benzene rings is 2. The standard InChI is InChI=1S/C21H20N4O4/c1-3-4-11-28-21(27)24-13-14(2)16-10-9-15(12-19(16)24)20(26)29-25-18-8-6-5-7-17(18)22-23-25/h5-10,12-13H,3-4,11H2,1-2H3. The number of unbranched alkanes of at least 4 members (excludes halogenated alkanes) is 1. The van der Waals surface area contributed by atoms with Gasteiger partial charge >= 0.3 is 12.1 Å². The molecular formula is C21H20N4O4. The smallest absolute Gasteiger partial charge is 0.418 e. The van der Waals surface area contributed by atoms with Crippen LogP contribution in [0.15, 0.2) is 48.7 Å². The zero-order valence-electron chi connectivity index (χ0n) is 16.2. The molecule has 0 fully saturated rings. The number of carbonyl (C=O) groups is 2. The van der Waals surface area contributed by atoms with Crippen molar-refractivity contribution in [3.8, 4) is 0 Å². The fourth-order valence-corrected chi connectivity index (χ4v) is 3.09. The van der Waals surface area contributed by atoms with Crippen molar-refractivity contribution in [2.24, 2.45) is 0 Å². The van der Waals surface area contributed by atoms with E-state index in [1.807, 2.05) is 26.0 Å². The highest BCUT2D eigenvalue weighted by molar-refractivity contribution is 5.98. The molecule has 0 amide bonds. The van der Waals surface area contributed by atoms with E-state index >= 15 is 0 Å². The van der Waals surface area contributed by atoms with E-state index in [0.29, 0.717) is 23.2 Å². The molecule has 2 heterocycles. The van der Waals surface area contributed by atoms with Gasteiger partial charge in [0.15, 0.2) is 0 Å². The number of hydrogen-bond donors (Lipinski definition) is 0. The first-order valence-electron chi connectivity index (χ1n) is 9.40. The van der Waals surface area contributed by atoms with Gasteiger partial charge in [0.25, 0.3) is 0 Å². The van der Waals surface area contributed by atoms with Crippen molar-refractivity contribution in [1.82, 2.24) is 19.7 Å². The number of fused-ring (bicyclic) bond motifs is 2. The van der Waals surface area contributed by atoms with Crippen LogP contribution in [0, 0.1) is 6.92 Å². The number of aromatic nitrogens is 4. The van der Waals surface area contributed by atoms with Gasteiger partial charge in [-0.15, -0.1) is 5.10 Å². The Bertz CT molecular complexity index is 1210. The molecule has 148 valence electrons. The summed E-state index contributed by atoms with van der Waals surface area (Å²) in [4.78, 5) is 31.6. The molecular weight excluding hydrogens is 372 g/mol. The van der Waals surface area contributed by atoms with Gasteiger partial charge in [-0.05, 0) is 48.4 Å². The summed E-state index contributed by atoms with van der Waals surface area (Å²) in [7, 11) is 0. The van der Waals surface area contributed by atoms with Crippen molar-refractivity contribution in [3.05, 3.63) is 59.8 Å². The molecule has 8 nitrogen and oxygen atoms in total. The predicted molar refractivity (Wildman–Crippen MR) is 107 cm³/mol. The summed E-state index contributed by atoms with van der Waals surface area (Å²) in [5.41, 5.74) is 2.99. The van der Waals surface area contributed by atoms with Crippen molar-refractivity contribution in [2.75, 3.05) is 6.61 Å². The van der Waals surface area contributed by atoms with Crippen LogP contribution in [0.3, 0.4) is 0 Å². The van der Waals surface area contributed by atoms with E-state index in [1.165, 1.54) is 4.57 Å². The van der Waals surface area contributed by atoms with E-state index in [4.69, 9.17) is 9.57 Å². The minimum atomic E-state index is -0.604. The Morgan fingerprint density at radius 1 is 1.10 bits per heavy atom. The highest BCUT2D eigenvalue weighted by Crippen LogP contribution is 2.23. The van der Waals surface area contributed by atoms with Crippen molar-refractivity contribution in [2.45, 2.75) is 26.7 Å². The van der Waals surface area contributed by atoms with E-state index in [9.17, 15) is 9.59 Å². The molecule has 0 radical (unpaired) electrons. The minimum Gasteiger partial charge on any atom is -0.449 e. The number of nitrogens with zero attached hydrogens (tertiary/aromatic N) is 4. The largest absolute Gasteiger partial charge is 0.449 e. The van der Waals surface area contributed by atoms with Gasteiger partial charge in [0.1, 0.15) is 11.0 Å². The number of rotatable bonds is 5. The first-order chi connectivity index (χ1) is 14.1. The Labute approximate surface area is 166 Å². The topological polar surface area (TPSA) is 88.2 Å². The number of para-hydroxylation sites is 1. The van der Waals surface area contributed by atoms with Crippen LogP contribution in [0.4, 0.5) is 4.79 Å². The summed E-state index contributed by atoms with van der Waals surface area (Å²) in [6.45, 7) is 4.28. The lowest BCUT2D eigenvalue weighted by atomic mass is 10.1. The minimum absolute atomic E-state index is 0.290. The van der Waals surface area contributed by atoms with E-state index in [0.717, 1.165) is 28.6 Å². The average molecular weight is 392 g/mol. The number of carbonyl (C=O) groups excluding carboxylic acids is 2. The number of hydrogen-bond acceptors (Lipinski definition) is 6. The molecule has 0 unspecified atom stereocenters. The highest BCUT2D eigenvalue weighted by atomic mass is 16.7. The fourth-order valence-electron chi connectivity index (χ4n) is 3.09. The molecule has 0 aliphatic carbocycles. The first-order valence-corrected chi connectivity index (χ1v) is 9.40. The monoisotopic (exact) mass is 392 g/mol. The Morgan fingerprint density at radius 2 is 1.93 bits per heavy atom. The van der Waals surface area contributed by atoms with Gasteiger partial charge < -0.3 is 9.57 Å². The molecule has 0 saturated carbocycles. The van der Waals surface area contributed by atoms with Gasteiger partial charge in [-0.1, -0.05) is 36.4 Å². The molecule has 0 saturated heterocycles. The summed E-state index contributed by atoms with van der Waals surface area (Å²) in [6.07, 6.45) is 2.97. The second-order valence-electron chi connectivity index (χ2n) is 6.71. The molecule has 0 bridgehead atoms. The maximum Gasteiger partial charge on any atom is 0.418 e. The van der Waals surface area contributed by atoms with Crippen LogP contribution in [0.5, 0.6) is 0 Å². The zero-order valence-corrected chi connectivity index (χ0v) is 16.2. The Kier molecular flexibility index (Phi) is 4.99. The van der Waals surface area contributed by atoms with Crippen molar-refractivity contribution in [3.63, 3.8) is 0 Å². The Balaban J connectivity index is 1.63. The van der Waals surface area contributed by atoms with Crippen molar-refractivity contribution < 1.29 is 19.2 Å². The second kappa shape index (κ2) is 7.75. The van der Waals surface area contributed by atoms with Gasteiger partial charge in [-0.3, -0.25) is 4.57 Å². The number of aryl methyl sites for hydroxylation is 1. The normalized spacial score (nSPS) is 11.1. The molecule has 2 aromatic carbocycles. The van der Waals surface area contributed by atoms with Crippen molar-refractivity contribution >= 4 is 34.0 Å². The SMILES string of the molecule is CCCCOC(=O)n1cc(C)c2ccc(C(=O)On3nnc4ccccc43)cc21. The summed E-state index contributed by atoms with van der Waals surface area (Å²) >= 11 is 0. The summed E-state index contributed by atoms with van der Waals surface area (Å²) < 4.78 is 6.73. The average Bonchev–Trinajstić information content (AvgIpc) is 3.29. The van der Waals surface area contributed by atoms with Crippen LogP contribution >= 0.6 is 0 Å². The third kappa shape index (κ3) is 3.56. The van der Waals surface area contributed by atoms with Gasteiger partial charge in [0.05, 0.1) is 17.7 Å². The molecule has 2 aromatic heterocycles. The molecule has 0 atom stereocenters. The predicted octanol–water partition coefficient (Wildman–Crippen LogP) is 3.75. The van der Waals surface area contributed by atoms with Crippen LogP contribution in [-0.4, -0.2) is 38.4 Å². The molecule has 0 aliphatic rings. The molecule has 4 aromatic rings. The van der Waals surface area contributed by atoms with Gasteiger partial charge in [-0.25, -0.2) is 9.59 Å². The van der Waals surface area contributed by atoms with Crippen LogP contribution in [-0.2, 0) is 4.74 Å². The summed E-state index contributed by atoms with van der Waals surface area (Å²) in [6, 6.07) is 12.2. The van der Waals surface area contributed by atoms with Gasteiger partial charge in [0, 0.05) is 11.6 Å². The molecule has 8 heteroatoms. The van der Waals surface area contributed by atoms with Crippen LogP contribution in [0.2, 0.25) is 0 Å². The summed E-state index contributed by atoms with van der Waals surface area (Å²) in [5.74, 6) is -0.604. The Morgan fingerprint density at radius 3 is 2.76 bits per heavy atom. The molecule has 0 aliphatic heterocycles. The number of ether oxygens (including phenoxy) is 1. The lowest BCUT2D eigenvalue weighted by Gasteiger charge is -2.07. The fraction of sp³-hybridized carbons (Fsp3) is 0.238. The molecule has 0 N–H and O–H groups in total. The quantitative estimate of drug-likeness (QED) is 0.380. The van der Waals surface area contributed by atoms with Gasteiger partial charge in [0.2, 0.25) is 0 Å². The summed E-state index contributed by atoms with van der Waals surface area (Å²) in [5, 5.41) is 8.68. The lowest BCUT2D eigenvalue weighted by Crippen LogP contribution is -2.21. The lowest BCUT2D eigenvalue weighted by molar-refractivity contribution is 0.0409.